The van der Waals surface area contributed by atoms with Crippen LogP contribution >= 0.6 is 11.3 Å². The monoisotopic (exact) mass is 358 g/mol. The van der Waals surface area contributed by atoms with Crippen molar-refractivity contribution in [3.05, 3.63) is 24.3 Å². The summed E-state index contributed by atoms with van der Waals surface area (Å²) in [5, 5.41) is 6.57. The summed E-state index contributed by atoms with van der Waals surface area (Å²) in [4.78, 5) is 30.5. The summed E-state index contributed by atoms with van der Waals surface area (Å²) in [7, 11) is 0. The molecule has 0 spiro atoms. The molecule has 1 aromatic heterocycles. The zero-order valence-electron chi connectivity index (χ0n) is 14.0. The maximum atomic E-state index is 11.8. The summed E-state index contributed by atoms with van der Waals surface area (Å²) in [6, 6.07) is 8.42. The third-order valence-corrected chi connectivity index (χ3v) is 5.93. The molecular formula is C18H22N4O2S. The minimum atomic E-state index is -0.500. The third kappa shape index (κ3) is 3.92. The topological polar surface area (TPSA) is 74.3 Å². The van der Waals surface area contributed by atoms with Crippen molar-refractivity contribution in [1.82, 2.24) is 15.6 Å². The molecule has 1 aromatic carbocycles. The Morgan fingerprint density at radius 2 is 1.88 bits per heavy atom. The summed E-state index contributed by atoms with van der Waals surface area (Å²) in [5.41, 5.74) is 1.05. The number of anilines is 1. The Morgan fingerprint density at radius 3 is 2.60 bits per heavy atom. The van der Waals surface area contributed by atoms with Gasteiger partial charge in [-0.3, -0.25) is 9.59 Å². The lowest BCUT2D eigenvalue weighted by Crippen LogP contribution is -2.44. The number of hydrogen-bond donors (Lipinski definition) is 2. The Bertz CT molecular complexity index is 745. The second kappa shape index (κ2) is 7.00. The molecule has 6 nitrogen and oxygen atoms in total. The predicted octanol–water partition coefficient (Wildman–Crippen LogP) is 1.91. The van der Waals surface area contributed by atoms with E-state index in [-0.39, 0.29) is 6.04 Å². The Balaban J connectivity index is 1.25. The standard InChI is InChI=1S/C18H22N4O2S/c23-16(17(24)20-13-5-6-13)19-11-12-7-9-22(10-8-12)18-21-14-3-1-2-4-15(14)25-18/h1-4,12-13H,5-11H2,(H,19,23)(H,20,24). The van der Waals surface area contributed by atoms with E-state index in [4.69, 9.17) is 4.98 Å². The highest BCUT2D eigenvalue weighted by molar-refractivity contribution is 7.22. The molecule has 0 atom stereocenters. The predicted molar refractivity (Wildman–Crippen MR) is 98.7 cm³/mol. The smallest absolute Gasteiger partial charge is 0.309 e. The lowest BCUT2D eigenvalue weighted by atomic mass is 9.97. The number of benzene rings is 1. The fourth-order valence-corrected chi connectivity index (χ4v) is 4.14. The number of amides is 2. The van der Waals surface area contributed by atoms with Gasteiger partial charge in [-0.05, 0) is 43.7 Å². The van der Waals surface area contributed by atoms with Gasteiger partial charge in [0.1, 0.15) is 0 Å². The number of aromatic nitrogens is 1. The molecule has 2 aliphatic rings. The summed E-state index contributed by atoms with van der Waals surface area (Å²) < 4.78 is 1.22. The van der Waals surface area contributed by atoms with Gasteiger partial charge in [0.25, 0.3) is 0 Å². The molecular weight excluding hydrogens is 336 g/mol. The number of nitrogens with one attached hydrogen (secondary N) is 2. The first kappa shape index (κ1) is 16.3. The second-order valence-corrected chi connectivity index (χ2v) is 7.86. The zero-order valence-corrected chi connectivity index (χ0v) is 14.8. The number of piperidine rings is 1. The van der Waals surface area contributed by atoms with Crippen molar-refractivity contribution in [2.24, 2.45) is 5.92 Å². The van der Waals surface area contributed by atoms with Crippen LogP contribution in [0.25, 0.3) is 10.2 Å². The summed E-state index contributed by atoms with van der Waals surface area (Å²) >= 11 is 1.73. The Hall–Kier alpha value is -2.15. The van der Waals surface area contributed by atoms with Crippen molar-refractivity contribution in [3.63, 3.8) is 0 Å². The number of nitrogens with zero attached hydrogens (tertiary/aromatic N) is 2. The highest BCUT2D eigenvalue weighted by Crippen LogP contribution is 2.31. The number of para-hydroxylation sites is 1. The number of fused-ring (bicyclic) bond motifs is 1. The Kier molecular flexibility index (Phi) is 4.57. The van der Waals surface area contributed by atoms with Crippen LogP contribution in [0.3, 0.4) is 0 Å². The van der Waals surface area contributed by atoms with Crippen molar-refractivity contribution < 1.29 is 9.59 Å². The Labute approximate surface area is 150 Å². The van der Waals surface area contributed by atoms with E-state index >= 15 is 0 Å². The van der Waals surface area contributed by atoms with Crippen molar-refractivity contribution >= 4 is 38.5 Å². The zero-order chi connectivity index (χ0) is 17.2. The van der Waals surface area contributed by atoms with E-state index in [0.29, 0.717) is 12.5 Å². The van der Waals surface area contributed by atoms with E-state index in [0.717, 1.165) is 49.4 Å². The minimum Gasteiger partial charge on any atom is -0.348 e. The van der Waals surface area contributed by atoms with E-state index in [9.17, 15) is 9.59 Å². The SMILES string of the molecule is O=C(NCC1CCN(c2nc3ccccc3s2)CC1)C(=O)NC1CC1. The molecule has 2 aromatic rings. The summed E-state index contributed by atoms with van der Waals surface area (Å²) in [5.74, 6) is -0.571. The van der Waals surface area contributed by atoms with Gasteiger partial charge in [0.05, 0.1) is 10.2 Å². The molecule has 2 amide bonds. The first-order valence-corrected chi connectivity index (χ1v) is 9.70. The summed E-state index contributed by atoms with van der Waals surface area (Å²) in [6.45, 7) is 2.45. The maximum Gasteiger partial charge on any atom is 0.309 e. The van der Waals surface area contributed by atoms with Crippen LogP contribution in [0.4, 0.5) is 5.13 Å². The molecule has 132 valence electrons. The van der Waals surface area contributed by atoms with Gasteiger partial charge in [-0.2, -0.15) is 0 Å². The van der Waals surface area contributed by atoms with Crippen LogP contribution in [-0.4, -0.2) is 42.5 Å². The van der Waals surface area contributed by atoms with Crippen molar-refractivity contribution in [3.8, 4) is 0 Å². The van der Waals surface area contributed by atoms with Crippen LogP contribution < -0.4 is 15.5 Å². The number of carbonyl (C=O) groups is 2. The average Bonchev–Trinajstić information content (AvgIpc) is 3.34. The van der Waals surface area contributed by atoms with Crippen molar-refractivity contribution in [2.75, 3.05) is 24.5 Å². The normalized spacial score (nSPS) is 18.3. The minimum absolute atomic E-state index is 0.218. The van der Waals surface area contributed by atoms with Crippen LogP contribution in [0.15, 0.2) is 24.3 Å². The molecule has 0 bridgehead atoms. The van der Waals surface area contributed by atoms with Crippen molar-refractivity contribution in [2.45, 2.75) is 31.7 Å². The third-order valence-electron chi connectivity index (χ3n) is 4.84. The van der Waals surface area contributed by atoms with Crippen molar-refractivity contribution in [1.29, 1.82) is 0 Å². The Morgan fingerprint density at radius 1 is 1.12 bits per heavy atom. The lowest BCUT2D eigenvalue weighted by molar-refractivity contribution is -0.139. The number of carbonyl (C=O) groups excluding carboxylic acids is 2. The van der Waals surface area contributed by atoms with Crippen LogP contribution in [0.2, 0.25) is 0 Å². The molecule has 7 heteroatoms. The van der Waals surface area contributed by atoms with Gasteiger partial charge >= 0.3 is 11.8 Å². The van der Waals surface area contributed by atoms with Crippen LogP contribution in [0.1, 0.15) is 25.7 Å². The van der Waals surface area contributed by atoms with Gasteiger partial charge in [0, 0.05) is 25.7 Å². The highest BCUT2D eigenvalue weighted by atomic mass is 32.1. The molecule has 1 saturated carbocycles. The lowest BCUT2D eigenvalue weighted by Gasteiger charge is -2.31. The molecule has 1 aliphatic carbocycles. The van der Waals surface area contributed by atoms with Crippen LogP contribution in [0, 0.1) is 5.92 Å². The second-order valence-electron chi connectivity index (χ2n) is 6.85. The molecule has 0 radical (unpaired) electrons. The molecule has 1 aliphatic heterocycles. The van der Waals surface area contributed by atoms with Gasteiger partial charge in [0.2, 0.25) is 0 Å². The number of thiazole rings is 1. The molecule has 2 heterocycles. The largest absolute Gasteiger partial charge is 0.348 e. The molecule has 25 heavy (non-hydrogen) atoms. The number of rotatable bonds is 4. The van der Waals surface area contributed by atoms with Gasteiger partial charge in [-0.25, -0.2) is 4.98 Å². The molecule has 1 saturated heterocycles. The molecule has 0 unspecified atom stereocenters. The quantitative estimate of drug-likeness (QED) is 0.819. The van der Waals surface area contributed by atoms with E-state index < -0.39 is 11.8 Å². The van der Waals surface area contributed by atoms with Gasteiger partial charge < -0.3 is 15.5 Å². The number of hydrogen-bond acceptors (Lipinski definition) is 5. The van der Waals surface area contributed by atoms with Gasteiger partial charge in [-0.1, -0.05) is 23.5 Å². The fraction of sp³-hybridized carbons (Fsp3) is 0.500. The highest BCUT2D eigenvalue weighted by Gasteiger charge is 2.27. The first-order chi connectivity index (χ1) is 12.2. The van der Waals surface area contributed by atoms with Crippen LogP contribution in [-0.2, 0) is 9.59 Å². The van der Waals surface area contributed by atoms with E-state index in [1.165, 1.54) is 4.70 Å². The molecule has 4 rings (SSSR count). The molecule has 2 N–H and O–H groups in total. The van der Waals surface area contributed by atoms with Gasteiger partial charge in [0.15, 0.2) is 5.13 Å². The first-order valence-electron chi connectivity index (χ1n) is 8.88. The fourth-order valence-electron chi connectivity index (χ4n) is 3.12. The summed E-state index contributed by atoms with van der Waals surface area (Å²) in [6.07, 6.45) is 3.98. The van der Waals surface area contributed by atoms with E-state index in [1.807, 2.05) is 18.2 Å². The van der Waals surface area contributed by atoms with Crippen LogP contribution in [0.5, 0.6) is 0 Å². The van der Waals surface area contributed by atoms with Gasteiger partial charge in [-0.15, -0.1) is 0 Å². The maximum absolute atomic E-state index is 11.8. The molecule has 2 fully saturated rings. The average molecular weight is 358 g/mol. The van der Waals surface area contributed by atoms with E-state index in [2.05, 4.69) is 21.6 Å². The van der Waals surface area contributed by atoms with E-state index in [1.54, 1.807) is 11.3 Å².